The molecule has 1 aromatic heterocycles. The average Bonchev–Trinajstić information content (AvgIpc) is 2.74. The number of anilines is 1. The Hall–Kier alpha value is -1.96. The van der Waals surface area contributed by atoms with Crippen LogP contribution >= 0.6 is 34.8 Å². The van der Waals surface area contributed by atoms with E-state index in [1.54, 1.807) is 29.4 Å². The number of rotatable bonds is 4. The lowest BCUT2D eigenvalue weighted by atomic mass is 10.1. The minimum Gasteiger partial charge on any atom is -0.368 e. The van der Waals surface area contributed by atoms with Crippen molar-refractivity contribution >= 4 is 51.6 Å². The van der Waals surface area contributed by atoms with E-state index in [2.05, 4.69) is 14.9 Å². The van der Waals surface area contributed by atoms with Gasteiger partial charge in [0.1, 0.15) is 11.7 Å². The SMILES string of the molecule is O=C(CCl)N1CCN(c2ccc(-c3ncccn3)c(F)c2)CC1.O=C(Cl)CCl. The summed E-state index contributed by atoms with van der Waals surface area (Å²) in [4.78, 5) is 32.9. The fourth-order valence-corrected chi connectivity index (χ4v) is 2.79. The Bertz CT molecular complexity index is 803. The molecule has 1 aliphatic heterocycles. The van der Waals surface area contributed by atoms with Gasteiger partial charge in [-0.15, -0.1) is 23.2 Å². The molecule has 0 N–H and O–H groups in total. The molecule has 2 heterocycles. The first-order chi connectivity index (χ1) is 13.5. The topological polar surface area (TPSA) is 66.4 Å². The number of halogens is 4. The molecular weight excluding hydrogens is 430 g/mol. The maximum absolute atomic E-state index is 14.4. The predicted molar refractivity (Wildman–Crippen MR) is 109 cm³/mol. The molecule has 6 nitrogen and oxygen atoms in total. The Labute approximate surface area is 177 Å². The Morgan fingerprint density at radius 1 is 1.04 bits per heavy atom. The third kappa shape index (κ3) is 6.29. The van der Waals surface area contributed by atoms with Crippen molar-refractivity contribution < 1.29 is 14.0 Å². The van der Waals surface area contributed by atoms with Crippen LogP contribution in [0.15, 0.2) is 36.7 Å². The van der Waals surface area contributed by atoms with Crippen LogP contribution in [0.4, 0.5) is 10.1 Å². The molecular formula is C18H18Cl3FN4O2. The van der Waals surface area contributed by atoms with E-state index < -0.39 is 5.24 Å². The summed E-state index contributed by atoms with van der Waals surface area (Å²) < 4.78 is 14.4. The first-order valence-electron chi connectivity index (χ1n) is 8.36. The molecule has 150 valence electrons. The molecule has 0 atom stereocenters. The van der Waals surface area contributed by atoms with Crippen LogP contribution in [0.25, 0.3) is 11.4 Å². The summed E-state index contributed by atoms with van der Waals surface area (Å²) >= 11 is 15.1. The highest BCUT2D eigenvalue weighted by Gasteiger charge is 2.21. The van der Waals surface area contributed by atoms with Gasteiger partial charge in [0.05, 0.1) is 11.4 Å². The number of benzene rings is 1. The fraction of sp³-hybridized carbons (Fsp3) is 0.333. The monoisotopic (exact) mass is 446 g/mol. The molecule has 1 saturated heterocycles. The second kappa shape index (κ2) is 11.1. The molecule has 0 bridgehead atoms. The van der Waals surface area contributed by atoms with Crippen LogP contribution in [0.5, 0.6) is 0 Å². The van der Waals surface area contributed by atoms with Gasteiger partial charge in [-0.3, -0.25) is 9.59 Å². The van der Waals surface area contributed by atoms with Gasteiger partial charge >= 0.3 is 0 Å². The first-order valence-corrected chi connectivity index (χ1v) is 9.81. The summed E-state index contributed by atoms with van der Waals surface area (Å²) in [6.07, 6.45) is 3.17. The Balaban J connectivity index is 0.000000500. The van der Waals surface area contributed by atoms with Gasteiger partial charge in [-0.25, -0.2) is 14.4 Å². The van der Waals surface area contributed by atoms with Gasteiger partial charge in [-0.2, -0.15) is 0 Å². The number of carbonyl (C=O) groups excluding carboxylic acids is 2. The maximum atomic E-state index is 14.4. The predicted octanol–water partition coefficient (Wildman–Crippen LogP) is 3.16. The first kappa shape index (κ1) is 22.3. The van der Waals surface area contributed by atoms with E-state index in [9.17, 15) is 14.0 Å². The third-order valence-corrected chi connectivity index (χ3v) is 4.72. The molecule has 10 heteroatoms. The van der Waals surface area contributed by atoms with Crippen molar-refractivity contribution in [3.63, 3.8) is 0 Å². The zero-order chi connectivity index (χ0) is 20.5. The van der Waals surface area contributed by atoms with Crippen LogP contribution < -0.4 is 4.90 Å². The van der Waals surface area contributed by atoms with Crippen molar-refractivity contribution in [1.82, 2.24) is 14.9 Å². The lowest BCUT2D eigenvalue weighted by Crippen LogP contribution is -2.49. The van der Waals surface area contributed by atoms with Crippen molar-refractivity contribution in [2.75, 3.05) is 42.8 Å². The molecule has 1 amide bonds. The molecule has 1 aliphatic rings. The van der Waals surface area contributed by atoms with Crippen molar-refractivity contribution in [2.24, 2.45) is 0 Å². The van der Waals surface area contributed by atoms with Crippen molar-refractivity contribution in [3.05, 3.63) is 42.5 Å². The molecule has 0 radical (unpaired) electrons. The smallest absolute Gasteiger partial charge is 0.237 e. The number of aromatic nitrogens is 2. The van der Waals surface area contributed by atoms with Gasteiger partial charge in [-0.1, -0.05) is 0 Å². The number of piperazine rings is 1. The van der Waals surface area contributed by atoms with E-state index in [1.165, 1.54) is 6.07 Å². The standard InChI is InChI=1S/C16H16ClFN4O.C2H2Cl2O/c17-11-15(23)22-8-6-21(7-9-22)12-2-3-13(14(18)10-12)16-19-4-1-5-20-16;3-1-2(4)5/h1-5,10H,6-9,11H2;1H2. The summed E-state index contributed by atoms with van der Waals surface area (Å²) in [5.41, 5.74) is 1.17. The highest BCUT2D eigenvalue weighted by Crippen LogP contribution is 2.25. The van der Waals surface area contributed by atoms with E-state index in [4.69, 9.17) is 34.8 Å². The van der Waals surface area contributed by atoms with Gasteiger partial charge in [0, 0.05) is 44.3 Å². The van der Waals surface area contributed by atoms with Gasteiger partial charge < -0.3 is 9.80 Å². The Morgan fingerprint density at radius 2 is 1.64 bits per heavy atom. The van der Waals surface area contributed by atoms with E-state index in [0.717, 1.165) is 5.69 Å². The van der Waals surface area contributed by atoms with E-state index >= 15 is 0 Å². The van der Waals surface area contributed by atoms with Crippen molar-refractivity contribution in [3.8, 4) is 11.4 Å². The molecule has 0 unspecified atom stereocenters. The normalized spacial score (nSPS) is 13.6. The number of amides is 1. The molecule has 1 fully saturated rings. The molecule has 28 heavy (non-hydrogen) atoms. The van der Waals surface area contributed by atoms with Crippen LogP contribution in [0, 0.1) is 5.82 Å². The quantitative estimate of drug-likeness (QED) is 0.532. The lowest BCUT2D eigenvalue weighted by molar-refractivity contribution is -0.128. The van der Waals surface area contributed by atoms with Crippen LogP contribution in [0.1, 0.15) is 0 Å². The van der Waals surface area contributed by atoms with Gasteiger partial charge in [0.2, 0.25) is 11.1 Å². The van der Waals surface area contributed by atoms with Crippen LogP contribution in [-0.2, 0) is 9.59 Å². The van der Waals surface area contributed by atoms with Crippen LogP contribution in [0.3, 0.4) is 0 Å². The van der Waals surface area contributed by atoms with Gasteiger partial charge in [-0.05, 0) is 35.9 Å². The highest BCUT2D eigenvalue weighted by molar-refractivity contribution is 6.67. The second-order valence-electron chi connectivity index (χ2n) is 5.73. The van der Waals surface area contributed by atoms with Crippen molar-refractivity contribution in [2.45, 2.75) is 0 Å². The zero-order valence-electron chi connectivity index (χ0n) is 14.8. The van der Waals surface area contributed by atoms with E-state index in [0.29, 0.717) is 37.6 Å². The summed E-state index contributed by atoms with van der Waals surface area (Å²) in [7, 11) is 0. The second-order valence-corrected chi connectivity index (χ2v) is 6.68. The molecule has 0 spiro atoms. The molecule has 2 aromatic rings. The zero-order valence-corrected chi connectivity index (χ0v) is 17.1. The average molecular weight is 448 g/mol. The Kier molecular flexibility index (Phi) is 8.89. The number of hydrogen-bond acceptors (Lipinski definition) is 5. The third-order valence-electron chi connectivity index (χ3n) is 3.98. The number of carbonyl (C=O) groups is 2. The molecule has 0 saturated carbocycles. The fourth-order valence-electron chi connectivity index (χ4n) is 2.62. The maximum Gasteiger partial charge on any atom is 0.237 e. The molecule has 3 rings (SSSR count). The molecule has 1 aromatic carbocycles. The molecule has 0 aliphatic carbocycles. The van der Waals surface area contributed by atoms with Gasteiger partial charge in [0.15, 0.2) is 5.82 Å². The van der Waals surface area contributed by atoms with Gasteiger partial charge in [0.25, 0.3) is 0 Å². The highest BCUT2D eigenvalue weighted by atomic mass is 35.5. The number of nitrogens with zero attached hydrogens (tertiary/aromatic N) is 4. The summed E-state index contributed by atoms with van der Waals surface area (Å²) in [5.74, 6) is -0.141. The van der Waals surface area contributed by atoms with E-state index in [1.807, 2.05) is 6.07 Å². The minimum absolute atomic E-state index is 0.000398. The van der Waals surface area contributed by atoms with E-state index in [-0.39, 0.29) is 23.5 Å². The van der Waals surface area contributed by atoms with Crippen molar-refractivity contribution in [1.29, 1.82) is 0 Å². The Morgan fingerprint density at radius 3 is 2.14 bits per heavy atom. The summed E-state index contributed by atoms with van der Waals surface area (Å²) in [5, 5.41) is -0.508. The number of alkyl halides is 2. The van der Waals surface area contributed by atoms with Crippen LogP contribution in [-0.4, -0.2) is 64.0 Å². The van der Waals surface area contributed by atoms with Crippen LogP contribution in [0.2, 0.25) is 0 Å². The lowest BCUT2D eigenvalue weighted by Gasteiger charge is -2.36. The summed E-state index contributed by atoms with van der Waals surface area (Å²) in [6.45, 7) is 2.50. The largest absolute Gasteiger partial charge is 0.368 e. The number of hydrogen-bond donors (Lipinski definition) is 0. The summed E-state index contributed by atoms with van der Waals surface area (Å²) in [6, 6.07) is 6.73. The minimum atomic E-state index is -0.508.